The molecule has 11 nitrogen and oxygen atoms in total. The lowest BCUT2D eigenvalue weighted by molar-refractivity contribution is -0.145. The van der Waals surface area contributed by atoms with Gasteiger partial charge in [-0.3, -0.25) is 24.1 Å². The smallest absolute Gasteiger partial charge is 0.247 e. The Morgan fingerprint density at radius 3 is 2.45 bits per heavy atom. The summed E-state index contributed by atoms with van der Waals surface area (Å²) in [5, 5.41) is 8.74. The van der Waals surface area contributed by atoms with Crippen molar-refractivity contribution in [1.29, 1.82) is 0 Å². The lowest BCUT2D eigenvalue weighted by Crippen LogP contribution is -2.61. The number of carbonyl (C=O) groups is 4. The fraction of sp³-hybridized carbons (Fsp3) is 0.500. The number of hydrogen-bond donors (Lipinski definition) is 3. The zero-order valence-corrected chi connectivity index (χ0v) is 28.5. The normalized spacial score (nSPS) is 22.3. The fourth-order valence-corrected chi connectivity index (χ4v) is 6.07. The summed E-state index contributed by atoms with van der Waals surface area (Å²) in [6.45, 7) is 7.82. The van der Waals surface area contributed by atoms with Gasteiger partial charge in [0.2, 0.25) is 23.6 Å². The Balaban J connectivity index is 1.66. The number of rotatable bonds is 10. The average Bonchev–Trinajstić information content (AvgIpc) is 3.47. The van der Waals surface area contributed by atoms with Gasteiger partial charge in [0.15, 0.2) is 0 Å². The predicted octanol–water partition coefficient (Wildman–Crippen LogP) is 2.99. The Kier molecular flexibility index (Phi) is 12.0. The van der Waals surface area contributed by atoms with Gasteiger partial charge in [-0.15, -0.1) is 0 Å². The van der Waals surface area contributed by atoms with Gasteiger partial charge in [-0.1, -0.05) is 64.4 Å². The van der Waals surface area contributed by atoms with E-state index in [4.69, 9.17) is 9.47 Å². The Bertz CT molecular complexity index is 1440. The van der Waals surface area contributed by atoms with Gasteiger partial charge in [0.25, 0.3) is 0 Å². The highest BCUT2D eigenvalue weighted by atomic mass is 16.5. The lowest BCUT2D eigenvalue weighted by atomic mass is 9.97. The van der Waals surface area contributed by atoms with Gasteiger partial charge < -0.3 is 30.3 Å². The van der Waals surface area contributed by atoms with E-state index in [1.54, 1.807) is 31.4 Å². The molecule has 0 spiro atoms. The first kappa shape index (κ1) is 35.5. The molecule has 2 aliphatic rings. The van der Waals surface area contributed by atoms with Crippen molar-refractivity contribution in [1.82, 2.24) is 25.8 Å². The van der Waals surface area contributed by atoms with Crippen LogP contribution in [0.25, 0.3) is 6.08 Å². The van der Waals surface area contributed by atoms with Crippen LogP contribution < -0.4 is 25.4 Å². The number of hydrogen-bond acceptors (Lipinski definition) is 7. The lowest BCUT2D eigenvalue weighted by Gasteiger charge is -2.34. The second kappa shape index (κ2) is 15.9. The molecule has 4 amide bonds. The minimum Gasteiger partial charge on any atom is -0.496 e. The Morgan fingerprint density at radius 2 is 1.81 bits per heavy atom. The first-order valence-corrected chi connectivity index (χ1v) is 16.4. The Hall–Kier alpha value is -4.38. The zero-order chi connectivity index (χ0) is 34.2. The van der Waals surface area contributed by atoms with Gasteiger partial charge in [-0.05, 0) is 62.2 Å². The maximum absolute atomic E-state index is 14.4. The summed E-state index contributed by atoms with van der Waals surface area (Å²) >= 11 is 0. The van der Waals surface area contributed by atoms with Gasteiger partial charge in [-0.2, -0.15) is 0 Å². The van der Waals surface area contributed by atoms with Crippen molar-refractivity contribution in [3.63, 3.8) is 0 Å². The van der Waals surface area contributed by atoms with E-state index >= 15 is 0 Å². The third kappa shape index (κ3) is 8.51. The van der Waals surface area contributed by atoms with E-state index in [1.165, 1.54) is 11.1 Å². The highest BCUT2D eigenvalue weighted by Gasteiger charge is 2.47. The number of nitrogens with zero attached hydrogens (tertiary/aromatic N) is 2. The van der Waals surface area contributed by atoms with Crippen LogP contribution in [0.5, 0.6) is 11.5 Å². The average molecular weight is 648 g/mol. The number of methoxy groups -OCH3 is 1. The SMILES string of the molecule is CCC(C)[C@@H]1NC(=O)C2[C@H](CCN2C(=O)[C@@H](NC(=O)[C@H](Cc2ccccc2)N(C)C)C(C)C)Oc2ccc(OC)c(c2)/C=C/NC1=O. The quantitative estimate of drug-likeness (QED) is 0.362. The molecular weight excluding hydrogens is 598 g/mol. The second-order valence-electron chi connectivity index (χ2n) is 12.9. The molecule has 2 bridgehead atoms. The van der Waals surface area contributed by atoms with Crippen LogP contribution >= 0.6 is 0 Å². The monoisotopic (exact) mass is 647 g/mol. The molecular formula is C36H49N5O6. The summed E-state index contributed by atoms with van der Waals surface area (Å²) in [5.41, 5.74) is 1.69. The van der Waals surface area contributed by atoms with Crippen LogP contribution in [0.15, 0.2) is 54.7 Å². The number of carbonyl (C=O) groups excluding carboxylic acids is 4. The fourth-order valence-electron chi connectivity index (χ4n) is 6.07. The van der Waals surface area contributed by atoms with Crippen LogP contribution in [0.4, 0.5) is 0 Å². The number of amides is 4. The molecule has 2 heterocycles. The van der Waals surface area contributed by atoms with E-state index in [0.29, 0.717) is 36.3 Å². The van der Waals surface area contributed by atoms with Crippen LogP contribution in [0, 0.1) is 11.8 Å². The largest absolute Gasteiger partial charge is 0.496 e. The maximum atomic E-state index is 14.4. The van der Waals surface area contributed by atoms with E-state index in [1.807, 2.05) is 77.0 Å². The van der Waals surface area contributed by atoms with Gasteiger partial charge in [-0.25, -0.2) is 0 Å². The Morgan fingerprint density at radius 1 is 1.09 bits per heavy atom. The number of ether oxygens (including phenoxy) is 2. The zero-order valence-electron chi connectivity index (χ0n) is 28.5. The second-order valence-corrected chi connectivity index (χ2v) is 12.9. The van der Waals surface area contributed by atoms with Gasteiger partial charge >= 0.3 is 0 Å². The Labute approximate surface area is 278 Å². The van der Waals surface area contributed by atoms with Crippen LogP contribution in [0.2, 0.25) is 0 Å². The molecule has 1 fully saturated rings. The maximum Gasteiger partial charge on any atom is 0.247 e. The molecule has 1 saturated heterocycles. The summed E-state index contributed by atoms with van der Waals surface area (Å²) in [7, 11) is 5.23. The van der Waals surface area contributed by atoms with E-state index < -0.39 is 36.2 Å². The number of fused-ring (bicyclic) bond motifs is 3. The van der Waals surface area contributed by atoms with Crippen molar-refractivity contribution in [2.45, 2.75) is 77.2 Å². The van der Waals surface area contributed by atoms with E-state index in [0.717, 1.165) is 5.56 Å². The highest BCUT2D eigenvalue weighted by molar-refractivity contribution is 5.96. The molecule has 2 aromatic rings. The summed E-state index contributed by atoms with van der Waals surface area (Å²) in [6, 6.07) is 11.7. The van der Waals surface area contributed by atoms with Crippen LogP contribution in [-0.4, -0.2) is 91.4 Å². The van der Waals surface area contributed by atoms with Gasteiger partial charge in [0.1, 0.15) is 35.7 Å². The van der Waals surface area contributed by atoms with Crippen LogP contribution in [0.3, 0.4) is 0 Å². The van der Waals surface area contributed by atoms with Crippen molar-refractivity contribution < 1.29 is 28.7 Å². The van der Waals surface area contributed by atoms with Crippen molar-refractivity contribution in [3.8, 4) is 11.5 Å². The van der Waals surface area contributed by atoms with Crippen molar-refractivity contribution in [2.75, 3.05) is 27.7 Å². The van der Waals surface area contributed by atoms with Gasteiger partial charge in [0, 0.05) is 24.7 Å². The molecule has 47 heavy (non-hydrogen) atoms. The predicted molar refractivity (Wildman–Crippen MR) is 180 cm³/mol. The number of likely N-dealkylation sites (tertiary alicyclic amines) is 1. The molecule has 3 N–H and O–H groups in total. The van der Waals surface area contributed by atoms with Crippen LogP contribution in [0.1, 0.15) is 51.7 Å². The first-order valence-electron chi connectivity index (χ1n) is 16.4. The molecule has 0 radical (unpaired) electrons. The van der Waals surface area contributed by atoms with E-state index in [9.17, 15) is 19.2 Å². The third-order valence-electron chi connectivity index (χ3n) is 9.09. The summed E-state index contributed by atoms with van der Waals surface area (Å²) in [4.78, 5) is 58.9. The molecule has 254 valence electrons. The molecule has 0 saturated carbocycles. The third-order valence-corrected chi connectivity index (χ3v) is 9.09. The standard InChI is InChI=1S/C36H49N5O6/c1-8-23(4)31-34(43)37-18-16-25-21-26(14-15-28(25)46-7)47-29-17-19-41(32(29)35(44)39-31)36(45)30(22(2)3)38-33(42)27(40(5)6)20-24-12-10-9-11-13-24/h9-16,18,21-23,27,29-32H,8,17,19-20H2,1-7H3,(H,37,43)(H,38,42)(H,39,44)/b18-16+/t23?,27-,29-,30-,31-,32?/m0/s1. The minimum atomic E-state index is -1.03. The van der Waals surface area contributed by atoms with Crippen molar-refractivity contribution in [3.05, 3.63) is 65.9 Å². The molecule has 4 rings (SSSR count). The number of benzene rings is 2. The highest BCUT2D eigenvalue weighted by Crippen LogP contribution is 2.30. The first-order chi connectivity index (χ1) is 22.4. The summed E-state index contributed by atoms with van der Waals surface area (Å²) in [5.74, 6) is -0.869. The summed E-state index contributed by atoms with van der Waals surface area (Å²) in [6.07, 6.45) is 4.04. The molecule has 0 aliphatic carbocycles. The summed E-state index contributed by atoms with van der Waals surface area (Å²) < 4.78 is 11.9. The molecule has 11 heteroatoms. The topological polar surface area (TPSA) is 129 Å². The molecule has 2 aliphatic heterocycles. The van der Waals surface area contributed by atoms with Crippen molar-refractivity contribution >= 4 is 29.7 Å². The van der Waals surface area contributed by atoms with E-state index in [2.05, 4.69) is 16.0 Å². The number of nitrogens with one attached hydrogen (secondary N) is 3. The molecule has 0 aromatic heterocycles. The molecule has 2 unspecified atom stereocenters. The molecule has 2 aromatic carbocycles. The molecule has 6 atom stereocenters. The van der Waals surface area contributed by atoms with Crippen LogP contribution in [-0.2, 0) is 25.6 Å². The minimum absolute atomic E-state index is 0.187. The van der Waals surface area contributed by atoms with Gasteiger partial charge in [0.05, 0.1) is 13.2 Å². The van der Waals surface area contributed by atoms with E-state index in [-0.39, 0.29) is 36.1 Å². The number of likely N-dealkylation sites (N-methyl/N-ethyl adjacent to an activating group) is 1. The van der Waals surface area contributed by atoms with Crippen molar-refractivity contribution in [2.24, 2.45) is 11.8 Å².